The molecule has 3 aliphatic carbocycles. The van der Waals surface area contributed by atoms with E-state index in [2.05, 4.69) is 123 Å². The highest BCUT2D eigenvalue weighted by atomic mass is 14.4. The third kappa shape index (κ3) is 2.99. The highest BCUT2D eigenvalue weighted by Crippen LogP contribution is 2.44. The van der Waals surface area contributed by atoms with Crippen LogP contribution in [0.5, 0.6) is 0 Å². The summed E-state index contributed by atoms with van der Waals surface area (Å²) >= 11 is 0. The second-order valence-corrected chi connectivity index (χ2v) is 9.98. The minimum absolute atomic E-state index is 0.568. The highest BCUT2D eigenvalue weighted by Gasteiger charge is 2.33. The molecule has 0 spiro atoms. The first-order chi connectivity index (χ1) is 16.6. The van der Waals surface area contributed by atoms with Gasteiger partial charge in [0.2, 0.25) is 0 Å². The summed E-state index contributed by atoms with van der Waals surface area (Å²) in [5.41, 5.74) is 5.69. The summed E-state index contributed by atoms with van der Waals surface area (Å²) in [6.07, 6.45) is 11.7. The number of aryl methyl sites for hydroxylation is 2. The minimum Gasteiger partial charge on any atom is -0.0763 e. The number of hydrogen-bond acceptors (Lipinski definition) is 0. The maximum absolute atomic E-state index is 2.44. The van der Waals surface area contributed by atoms with Crippen LogP contribution < -0.4 is 10.4 Å². The SMILES string of the molecule is Cc1cc2c3c4c(ccc3c1)=CC1C=CC(=CC=2)C41.Cc1ccc2cc3ccccc3cc2c1. The van der Waals surface area contributed by atoms with E-state index in [1.54, 1.807) is 5.56 Å². The van der Waals surface area contributed by atoms with Crippen molar-refractivity contribution in [2.45, 2.75) is 19.8 Å². The number of benzene rings is 5. The van der Waals surface area contributed by atoms with E-state index in [1.165, 1.54) is 59.5 Å². The lowest BCUT2D eigenvalue weighted by molar-refractivity contribution is 0.778. The molecule has 0 radical (unpaired) electrons. The van der Waals surface area contributed by atoms with Crippen molar-refractivity contribution in [1.82, 2.24) is 0 Å². The molecule has 0 heteroatoms. The largest absolute Gasteiger partial charge is 0.0763 e. The highest BCUT2D eigenvalue weighted by molar-refractivity contribution is 5.98. The molecule has 5 aromatic rings. The van der Waals surface area contributed by atoms with Gasteiger partial charge in [0, 0.05) is 11.8 Å². The Morgan fingerprint density at radius 3 is 2.18 bits per heavy atom. The van der Waals surface area contributed by atoms with Gasteiger partial charge in [0.25, 0.3) is 0 Å². The average Bonchev–Trinajstić information content (AvgIpc) is 3.35. The molecule has 0 heterocycles. The van der Waals surface area contributed by atoms with Crippen LogP contribution in [-0.2, 0) is 0 Å². The zero-order chi connectivity index (χ0) is 22.8. The van der Waals surface area contributed by atoms with Crippen molar-refractivity contribution in [2.75, 3.05) is 0 Å². The van der Waals surface area contributed by atoms with Gasteiger partial charge in [-0.3, -0.25) is 0 Å². The molecule has 0 nitrogen and oxygen atoms in total. The Labute approximate surface area is 199 Å². The van der Waals surface area contributed by atoms with Gasteiger partial charge >= 0.3 is 0 Å². The molecule has 2 atom stereocenters. The number of fused-ring (bicyclic) bond motifs is 2. The number of hydrogen-bond donors (Lipinski definition) is 0. The predicted molar refractivity (Wildman–Crippen MR) is 147 cm³/mol. The lowest BCUT2D eigenvalue weighted by Gasteiger charge is -2.15. The Bertz CT molecular complexity index is 1830. The zero-order valence-corrected chi connectivity index (χ0v) is 19.5. The van der Waals surface area contributed by atoms with Crippen LogP contribution >= 0.6 is 0 Å². The Hall–Kier alpha value is -3.90. The van der Waals surface area contributed by atoms with Crippen molar-refractivity contribution in [2.24, 2.45) is 5.92 Å². The van der Waals surface area contributed by atoms with E-state index in [4.69, 9.17) is 0 Å². The summed E-state index contributed by atoms with van der Waals surface area (Å²) < 4.78 is 0. The molecule has 8 rings (SSSR count). The van der Waals surface area contributed by atoms with Gasteiger partial charge in [-0.1, -0.05) is 103 Å². The van der Waals surface area contributed by atoms with Crippen molar-refractivity contribution in [1.29, 1.82) is 0 Å². The lowest BCUT2D eigenvalue weighted by atomic mass is 9.88. The summed E-state index contributed by atoms with van der Waals surface area (Å²) in [4.78, 5) is 0. The van der Waals surface area contributed by atoms with E-state index in [0.29, 0.717) is 11.8 Å². The average molecular weight is 435 g/mol. The monoisotopic (exact) mass is 434 g/mol. The molecule has 3 aliphatic rings. The van der Waals surface area contributed by atoms with Gasteiger partial charge in [0.15, 0.2) is 0 Å². The molecule has 2 unspecified atom stereocenters. The molecule has 0 saturated heterocycles. The molecule has 0 N–H and O–H groups in total. The van der Waals surface area contributed by atoms with Gasteiger partial charge in [0.05, 0.1) is 0 Å². The molecule has 0 saturated carbocycles. The van der Waals surface area contributed by atoms with Crippen LogP contribution in [0, 0.1) is 19.8 Å². The van der Waals surface area contributed by atoms with E-state index in [0.717, 1.165) is 0 Å². The standard InChI is InChI=1S/C19H14.C15H12/c1-11-8-13-4-2-12-3-5-15-10-16-7-6-14(9-11)18(13)19(16)17(12)15;1-11-6-7-14-9-12-4-2-3-5-13(12)10-15(14)8-11/h2-10,15,17H,1H3;2-10H,1H3. The van der Waals surface area contributed by atoms with Gasteiger partial charge in [-0.15, -0.1) is 0 Å². The van der Waals surface area contributed by atoms with Gasteiger partial charge in [-0.2, -0.15) is 0 Å². The van der Waals surface area contributed by atoms with Gasteiger partial charge in [-0.05, 0) is 85.4 Å². The second kappa shape index (κ2) is 7.30. The quantitative estimate of drug-likeness (QED) is 0.225. The lowest BCUT2D eigenvalue weighted by Crippen LogP contribution is -2.13. The van der Waals surface area contributed by atoms with Gasteiger partial charge in [0.1, 0.15) is 0 Å². The third-order valence-corrected chi connectivity index (χ3v) is 7.62. The molecule has 0 aromatic heterocycles. The van der Waals surface area contributed by atoms with E-state index in [1.807, 2.05) is 0 Å². The normalized spacial score (nSPS) is 18.8. The summed E-state index contributed by atoms with van der Waals surface area (Å²) in [6.45, 7) is 4.32. The Morgan fingerprint density at radius 1 is 0.588 bits per heavy atom. The van der Waals surface area contributed by atoms with Crippen LogP contribution in [-0.4, -0.2) is 0 Å². The first kappa shape index (κ1) is 19.6. The molecular weight excluding hydrogens is 408 g/mol. The van der Waals surface area contributed by atoms with Crippen molar-refractivity contribution >= 4 is 44.5 Å². The first-order valence-electron chi connectivity index (χ1n) is 12.2. The maximum atomic E-state index is 2.44. The Morgan fingerprint density at radius 2 is 1.32 bits per heavy atom. The van der Waals surface area contributed by atoms with Crippen molar-refractivity contribution in [3.8, 4) is 0 Å². The first-order valence-corrected chi connectivity index (χ1v) is 12.2. The van der Waals surface area contributed by atoms with E-state index in [9.17, 15) is 0 Å². The summed E-state index contributed by atoms with van der Waals surface area (Å²) in [6, 6.07) is 28.8. The van der Waals surface area contributed by atoms with E-state index in [-0.39, 0.29) is 0 Å². The molecule has 0 aliphatic heterocycles. The van der Waals surface area contributed by atoms with Crippen molar-refractivity contribution in [3.05, 3.63) is 130 Å². The second-order valence-electron chi connectivity index (χ2n) is 9.98. The van der Waals surface area contributed by atoms with Crippen LogP contribution in [0.15, 0.2) is 103 Å². The topological polar surface area (TPSA) is 0 Å². The van der Waals surface area contributed by atoms with Crippen LogP contribution in [0.4, 0.5) is 0 Å². The fourth-order valence-corrected chi connectivity index (χ4v) is 6.09. The molecule has 5 aromatic carbocycles. The fraction of sp³-hybridized carbons (Fsp3) is 0.118. The van der Waals surface area contributed by atoms with Gasteiger partial charge in [-0.25, -0.2) is 0 Å². The molecule has 0 fully saturated rings. The van der Waals surface area contributed by atoms with Crippen LogP contribution in [0.2, 0.25) is 0 Å². The number of rotatable bonds is 0. The molecule has 162 valence electrons. The molecule has 0 bridgehead atoms. The fourth-order valence-electron chi connectivity index (χ4n) is 6.09. The van der Waals surface area contributed by atoms with E-state index >= 15 is 0 Å². The molecular formula is C34H26. The molecule has 34 heavy (non-hydrogen) atoms. The van der Waals surface area contributed by atoms with Crippen molar-refractivity contribution < 1.29 is 0 Å². The van der Waals surface area contributed by atoms with Crippen LogP contribution in [0.1, 0.15) is 22.6 Å². The summed E-state index contributed by atoms with van der Waals surface area (Å²) in [5.74, 6) is 1.14. The third-order valence-electron chi connectivity index (χ3n) is 7.62. The summed E-state index contributed by atoms with van der Waals surface area (Å²) in [5, 5.41) is 11.0. The van der Waals surface area contributed by atoms with Crippen molar-refractivity contribution in [3.63, 3.8) is 0 Å². The van der Waals surface area contributed by atoms with Gasteiger partial charge < -0.3 is 0 Å². The molecule has 0 amide bonds. The van der Waals surface area contributed by atoms with Crippen LogP contribution in [0.3, 0.4) is 0 Å². The Kier molecular flexibility index (Phi) is 4.20. The minimum atomic E-state index is 0.568. The number of allylic oxidation sites excluding steroid dienone is 4. The zero-order valence-electron chi connectivity index (χ0n) is 19.5. The van der Waals surface area contributed by atoms with Crippen LogP contribution in [0.25, 0.3) is 44.5 Å². The smallest absolute Gasteiger partial charge is 0.0199 e. The Balaban J connectivity index is 0.000000121. The van der Waals surface area contributed by atoms with E-state index < -0.39 is 0 Å². The predicted octanol–water partition coefficient (Wildman–Crippen LogP) is 7.23. The maximum Gasteiger partial charge on any atom is 0.0199 e. The summed E-state index contributed by atoms with van der Waals surface area (Å²) in [7, 11) is 0.